The third-order valence-corrected chi connectivity index (χ3v) is 2.68. The number of rotatable bonds is 3. The third-order valence-electron chi connectivity index (χ3n) is 2.68. The van der Waals surface area contributed by atoms with E-state index in [0.717, 1.165) is 13.1 Å². The van der Waals surface area contributed by atoms with Gasteiger partial charge in [0.15, 0.2) is 0 Å². The maximum absolute atomic E-state index is 11.8. The normalized spacial score (nSPS) is 18.1. The van der Waals surface area contributed by atoms with E-state index in [-0.39, 0.29) is 5.41 Å². The maximum Gasteiger partial charge on any atom is 0.223 e. The first-order chi connectivity index (χ1) is 6.55. The van der Waals surface area contributed by atoms with Crippen LogP contribution in [0.25, 0.3) is 0 Å². The number of likely N-dealkylation sites (tertiary alicyclic amines) is 1. The largest absolute Gasteiger partial charge is 0.343 e. The quantitative estimate of drug-likeness (QED) is 0.634. The molecule has 80 valence electrons. The molecule has 0 aliphatic carbocycles. The molecule has 1 fully saturated rings. The fraction of sp³-hybridized carbons (Fsp3) is 0.750. The first kappa shape index (κ1) is 11.3. The Morgan fingerprint density at radius 1 is 1.36 bits per heavy atom. The second-order valence-corrected chi connectivity index (χ2v) is 4.75. The van der Waals surface area contributed by atoms with Crippen LogP contribution in [0.5, 0.6) is 0 Å². The van der Waals surface area contributed by atoms with Crippen LogP contribution in [0.4, 0.5) is 0 Å². The Hall–Kier alpha value is -0.790. The van der Waals surface area contributed by atoms with Gasteiger partial charge in [-0.2, -0.15) is 0 Å². The lowest BCUT2D eigenvalue weighted by atomic mass is 9.88. The van der Waals surface area contributed by atoms with Crippen LogP contribution in [-0.4, -0.2) is 23.9 Å². The van der Waals surface area contributed by atoms with E-state index in [1.165, 1.54) is 12.8 Å². The Morgan fingerprint density at radius 3 is 2.43 bits per heavy atom. The number of hydrogen-bond donors (Lipinski definition) is 0. The van der Waals surface area contributed by atoms with Crippen molar-refractivity contribution in [1.82, 2.24) is 4.90 Å². The van der Waals surface area contributed by atoms with Crippen molar-refractivity contribution in [1.29, 1.82) is 0 Å². The van der Waals surface area contributed by atoms with Crippen molar-refractivity contribution < 1.29 is 4.79 Å². The monoisotopic (exact) mass is 195 g/mol. The molecule has 1 aliphatic rings. The second-order valence-electron chi connectivity index (χ2n) is 4.75. The van der Waals surface area contributed by atoms with Crippen LogP contribution in [-0.2, 0) is 4.79 Å². The van der Waals surface area contributed by atoms with Crippen molar-refractivity contribution >= 4 is 5.91 Å². The van der Waals surface area contributed by atoms with Gasteiger partial charge >= 0.3 is 0 Å². The summed E-state index contributed by atoms with van der Waals surface area (Å²) in [7, 11) is 0. The van der Waals surface area contributed by atoms with Gasteiger partial charge in [-0.15, -0.1) is 0 Å². The fourth-order valence-electron chi connectivity index (χ4n) is 1.98. The number of hydrogen-bond acceptors (Lipinski definition) is 1. The number of amides is 1. The Kier molecular flexibility index (Phi) is 3.73. The van der Waals surface area contributed by atoms with E-state index in [0.29, 0.717) is 12.3 Å². The Bertz CT molecular complexity index is 224. The van der Waals surface area contributed by atoms with Crippen molar-refractivity contribution in [3.05, 3.63) is 12.2 Å². The van der Waals surface area contributed by atoms with E-state index < -0.39 is 0 Å². The molecule has 1 saturated heterocycles. The number of nitrogens with zero attached hydrogens (tertiary/aromatic N) is 1. The third kappa shape index (κ3) is 3.17. The summed E-state index contributed by atoms with van der Waals surface area (Å²) in [5, 5.41) is 0. The topological polar surface area (TPSA) is 20.3 Å². The minimum absolute atomic E-state index is 0.00836. The molecule has 0 unspecified atom stereocenters. The lowest BCUT2D eigenvalue weighted by molar-refractivity contribution is -0.131. The zero-order valence-corrected chi connectivity index (χ0v) is 9.55. The lowest BCUT2D eigenvalue weighted by Crippen LogP contribution is -2.31. The molecule has 0 spiro atoms. The van der Waals surface area contributed by atoms with E-state index in [9.17, 15) is 4.79 Å². The number of carbonyl (C=O) groups is 1. The molecule has 0 radical (unpaired) electrons. The van der Waals surface area contributed by atoms with E-state index >= 15 is 0 Å². The first-order valence-electron chi connectivity index (χ1n) is 5.47. The van der Waals surface area contributed by atoms with Crippen LogP contribution in [0.3, 0.4) is 0 Å². The highest BCUT2D eigenvalue weighted by molar-refractivity contribution is 5.77. The zero-order chi connectivity index (χ0) is 10.6. The zero-order valence-electron chi connectivity index (χ0n) is 9.55. The molecular weight excluding hydrogens is 174 g/mol. The smallest absolute Gasteiger partial charge is 0.223 e. The van der Waals surface area contributed by atoms with Gasteiger partial charge in [0.1, 0.15) is 0 Å². The van der Waals surface area contributed by atoms with Crippen LogP contribution < -0.4 is 0 Å². The van der Waals surface area contributed by atoms with Crippen LogP contribution >= 0.6 is 0 Å². The average molecular weight is 195 g/mol. The van der Waals surface area contributed by atoms with Crippen molar-refractivity contribution in [3.8, 4) is 0 Å². The first-order valence-corrected chi connectivity index (χ1v) is 5.47. The summed E-state index contributed by atoms with van der Waals surface area (Å²) in [6, 6.07) is 0. The highest BCUT2D eigenvalue weighted by Gasteiger charge is 2.24. The summed E-state index contributed by atoms with van der Waals surface area (Å²) in [5.74, 6) is 0.311. The fourth-order valence-corrected chi connectivity index (χ4v) is 1.98. The number of allylic oxidation sites excluding steroid dienone is 2. The SMILES string of the molecule is C/C=C\C(C)(C)CC(=O)N1CCCC1. The molecular formula is C12H21NO. The van der Waals surface area contributed by atoms with Crippen LogP contribution in [0, 0.1) is 5.41 Å². The molecule has 0 saturated carbocycles. The van der Waals surface area contributed by atoms with Gasteiger partial charge in [-0.05, 0) is 25.2 Å². The molecule has 1 aliphatic heterocycles. The summed E-state index contributed by atoms with van der Waals surface area (Å²) in [6.45, 7) is 8.15. The maximum atomic E-state index is 11.8. The minimum atomic E-state index is 0.00836. The van der Waals surface area contributed by atoms with E-state index in [1.54, 1.807) is 0 Å². The minimum Gasteiger partial charge on any atom is -0.343 e. The summed E-state index contributed by atoms with van der Waals surface area (Å²) < 4.78 is 0. The summed E-state index contributed by atoms with van der Waals surface area (Å²) in [6.07, 6.45) is 7.13. The second kappa shape index (κ2) is 4.63. The van der Waals surface area contributed by atoms with Gasteiger partial charge in [0.05, 0.1) is 0 Å². The van der Waals surface area contributed by atoms with E-state index in [4.69, 9.17) is 0 Å². The van der Waals surface area contributed by atoms with Crippen molar-refractivity contribution in [2.24, 2.45) is 5.41 Å². The molecule has 0 atom stereocenters. The van der Waals surface area contributed by atoms with Gasteiger partial charge in [0.25, 0.3) is 0 Å². The van der Waals surface area contributed by atoms with Crippen molar-refractivity contribution in [3.63, 3.8) is 0 Å². The molecule has 2 heteroatoms. The molecule has 0 aromatic rings. The van der Waals surface area contributed by atoms with Gasteiger partial charge in [-0.3, -0.25) is 4.79 Å². The molecule has 1 rings (SSSR count). The standard InChI is InChI=1S/C12H21NO/c1-4-7-12(2,3)10-11(14)13-8-5-6-9-13/h4,7H,5-6,8-10H2,1-3H3/b7-4-. The van der Waals surface area contributed by atoms with Crippen molar-refractivity contribution in [2.45, 2.75) is 40.0 Å². The summed E-state index contributed by atoms with van der Waals surface area (Å²) in [5.41, 5.74) is 0.00836. The van der Waals surface area contributed by atoms with Gasteiger partial charge in [-0.25, -0.2) is 0 Å². The summed E-state index contributed by atoms with van der Waals surface area (Å²) >= 11 is 0. The summed E-state index contributed by atoms with van der Waals surface area (Å²) in [4.78, 5) is 13.8. The molecule has 2 nitrogen and oxygen atoms in total. The predicted molar refractivity (Wildman–Crippen MR) is 59.0 cm³/mol. The molecule has 1 heterocycles. The van der Waals surface area contributed by atoms with Gasteiger partial charge in [-0.1, -0.05) is 26.0 Å². The van der Waals surface area contributed by atoms with Crippen LogP contribution in [0.1, 0.15) is 40.0 Å². The highest BCUT2D eigenvalue weighted by Crippen LogP contribution is 2.24. The van der Waals surface area contributed by atoms with Gasteiger partial charge in [0.2, 0.25) is 5.91 Å². The Labute approximate surface area is 87.0 Å². The lowest BCUT2D eigenvalue weighted by Gasteiger charge is -2.23. The van der Waals surface area contributed by atoms with E-state index in [1.807, 2.05) is 17.9 Å². The molecule has 0 aromatic carbocycles. The molecule has 0 N–H and O–H groups in total. The Balaban J connectivity index is 2.46. The van der Waals surface area contributed by atoms with Crippen LogP contribution in [0.2, 0.25) is 0 Å². The van der Waals surface area contributed by atoms with Crippen LogP contribution in [0.15, 0.2) is 12.2 Å². The predicted octanol–water partition coefficient (Wildman–Crippen LogP) is 2.60. The van der Waals surface area contributed by atoms with Gasteiger partial charge < -0.3 is 4.90 Å². The molecule has 0 aromatic heterocycles. The van der Waals surface area contributed by atoms with Crippen molar-refractivity contribution in [2.75, 3.05) is 13.1 Å². The molecule has 0 bridgehead atoms. The Morgan fingerprint density at radius 2 is 1.93 bits per heavy atom. The molecule has 1 amide bonds. The van der Waals surface area contributed by atoms with Gasteiger partial charge in [0, 0.05) is 19.5 Å². The number of carbonyl (C=O) groups excluding carboxylic acids is 1. The van der Waals surface area contributed by atoms with E-state index in [2.05, 4.69) is 19.9 Å². The average Bonchev–Trinajstić information content (AvgIpc) is 2.53. The molecule has 14 heavy (non-hydrogen) atoms. The highest BCUT2D eigenvalue weighted by atomic mass is 16.2.